The van der Waals surface area contributed by atoms with Crippen molar-refractivity contribution in [1.82, 2.24) is 4.98 Å². The van der Waals surface area contributed by atoms with Crippen molar-refractivity contribution in [3.63, 3.8) is 0 Å². The van der Waals surface area contributed by atoms with Crippen LogP contribution in [-0.2, 0) is 14.8 Å². The van der Waals surface area contributed by atoms with Crippen LogP contribution in [0, 0.1) is 0 Å². The van der Waals surface area contributed by atoms with Gasteiger partial charge in [-0.25, -0.2) is 13.4 Å². The Bertz CT molecular complexity index is 1190. The second-order valence-corrected chi connectivity index (χ2v) is 9.37. The number of nitrogens with zero attached hydrogens (tertiary/aromatic N) is 1. The Morgan fingerprint density at radius 3 is 2.70 bits per heavy atom. The molecule has 0 spiro atoms. The maximum atomic E-state index is 12.7. The third-order valence-corrected chi connectivity index (χ3v) is 6.38. The summed E-state index contributed by atoms with van der Waals surface area (Å²) in [5.41, 5.74) is 1.88. The summed E-state index contributed by atoms with van der Waals surface area (Å²) in [6.07, 6.45) is 0.00259. The number of carbonyl (C=O) groups excluding carboxylic acids is 1. The van der Waals surface area contributed by atoms with Gasteiger partial charge >= 0.3 is 0 Å². The molecule has 1 amide bonds. The number of amides is 1. The van der Waals surface area contributed by atoms with E-state index in [1.807, 2.05) is 13.8 Å². The fraction of sp³-hybridized carbons (Fsp3) is 0.200. The first-order chi connectivity index (χ1) is 14.3. The van der Waals surface area contributed by atoms with Gasteiger partial charge in [-0.2, -0.15) is 0 Å². The molecular formula is C20H19N3O5S2. The second kappa shape index (κ2) is 7.96. The lowest BCUT2D eigenvalue weighted by molar-refractivity contribution is -0.118. The van der Waals surface area contributed by atoms with Gasteiger partial charge in [0, 0.05) is 10.9 Å². The summed E-state index contributed by atoms with van der Waals surface area (Å²) >= 11 is 1.17. The van der Waals surface area contributed by atoms with Crippen molar-refractivity contribution >= 4 is 38.1 Å². The number of sulfonamides is 1. The summed E-state index contributed by atoms with van der Waals surface area (Å²) in [6, 6.07) is 11.5. The third kappa shape index (κ3) is 4.39. The zero-order chi connectivity index (χ0) is 21.3. The lowest BCUT2D eigenvalue weighted by Gasteiger charge is -2.18. The number of hydrogen-bond donors (Lipinski definition) is 2. The molecule has 8 nitrogen and oxygen atoms in total. The highest BCUT2D eigenvalue weighted by molar-refractivity contribution is 7.93. The smallest absolute Gasteiger partial charge is 0.263 e. The SMILES string of the molecule is CC(C)Oc1ccc(S(=O)(=O)Nc2nc(-c3ccc4c(c3)NC(=O)CO4)cs2)cc1. The molecule has 0 aliphatic carbocycles. The Balaban J connectivity index is 1.51. The van der Waals surface area contributed by atoms with Crippen LogP contribution in [0.5, 0.6) is 11.5 Å². The number of ether oxygens (including phenoxy) is 2. The molecule has 1 aromatic heterocycles. The lowest BCUT2D eigenvalue weighted by Crippen LogP contribution is -2.25. The summed E-state index contributed by atoms with van der Waals surface area (Å²) < 4.78 is 38.7. The molecule has 4 rings (SSSR count). The molecule has 0 atom stereocenters. The standard InChI is InChI=1S/C20H19N3O5S2/c1-12(2)28-14-4-6-15(7-5-14)30(25,26)23-20-22-17(11-29-20)13-3-8-18-16(9-13)21-19(24)10-27-18/h3-9,11-12H,10H2,1-2H3,(H,21,24)(H,22,23). The maximum Gasteiger partial charge on any atom is 0.263 e. The summed E-state index contributed by atoms with van der Waals surface area (Å²) in [5.74, 6) is 0.958. The first-order valence-electron chi connectivity index (χ1n) is 9.12. The average molecular weight is 446 g/mol. The highest BCUT2D eigenvalue weighted by atomic mass is 32.2. The highest BCUT2D eigenvalue weighted by Crippen LogP contribution is 2.34. The summed E-state index contributed by atoms with van der Waals surface area (Å²) in [4.78, 5) is 16.0. The minimum atomic E-state index is -3.78. The fourth-order valence-electron chi connectivity index (χ4n) is 2.84. The molecule has 3 aromatic rings. The van der Waals surface area contributed by atoms with Gasteiger partial charge in [-0.3, -0.25) is 9.52 Å². The zero-order valence-corrected chi connectivity index (χ0v) is 17.8. The topological polar surface area (TPSA) is 107 Å². The second-order valence-electron chi connectivity index (χ2n) is 6.83. The quantitative estimate of drug-likeness (QED) is 0.599. The zero-order valence-electron chi connectivity index (χ0n) is 16.2. The molecule has 30 heavy (non-hydrogen) atoms. The summed E-state index contributed by atoms with van der Waals surface area (Å²) in [5, 5.41) is 4.72. The van der Waals surface area contributed by atoms with E-state index in [-0.39, 0.29) is 28.6 Å². The predicted molar refractivity (Wildman–Crippen MR) is 115 cm³/mol. The molecule has 2 aromatic carbocycles. The number of aromatic nitrogens is 1. The number of anilines is 2. The Morgan fingerprint density at radius 1 is 1.20 bits per heavy atom. The van der Waals surface area contributed by atoms with Crippen molar-refractivity contribution in [2.75, 3.05) is 16.6 Å². The van der Waals surface area contributed by atoms with Crippen LogP contribution in [0.1, 0.15) is 13.8 Å². The Hall–Kier alpha value is -3.11. The number of rotatable bonds is 6. The van der Waals surface area contributed by atoms with Crippen molar-refractivity contribution < 1.29 is 22.7 Å². The monoisotopic (exact) mass is 445 g/mol. The third-order valence-electron chi connectivity index (χ3n) is 4.14. The largest absolute Gasteiger partial charge is 0.491 e. The van der Waals surface area contributed by atoms with Crippen molar-refractivity contribution in [1.29, 1.82) is 0 Å². The fourth-order valence-corrected chi connectivity index (χ4v) is 4.81. The van der Waals surface area contributed by atoms with Crippen LogP contribution in [0.2, 0.25) is 0 Å². The van der Waals surface area contributed by atoms with E-state index in [2.05, 4.69) is 15.0 Å². The number of nitrogens with one attached hydrogen (secondary N) is 2. The van der Waals surface area contributed by atoms with Gasteiger partial charge in [0.25, 0.3) is 15.9 Å². The van der Waals surface area contributed by atoms with Gasteiger partial charge in [0.05, 0.1) is 22.4 Å². The number of thiazole rings is 1. The van der Waals surface area contributed by atoms with Crippen LogP contribution < -0.4 is 19.5 Å². The van der Waals surface area contributed by atoms with E-state index in [0.717, 1.165) is 5.56 Å². The summed E-state index contributed by atoms with van der Waals surface area (Å²) in [7, 11) is -3.78. The van der Waals surface area contributed by atoms with E-state index in [0.29, 0.717) is 22.9 Å². The van der Waals surface area contributed by atoms with Crippen molar-refractivity contribution in [3.8, 4) is 22.8 Å². The Morgan fingerprint density at radius 2 is 1.97 bits per heavy atom. The van der Waals surface area contributed by atoms with Gasteiger partial charge in [0.15, 0.2) is 11.7 Å². The van der Waals surface area contributed by atoms with Crippen molar-refractivity contribution in [2.45, 2.75) is 24.8 Å². The first kappa shape index (κ1) is 20.2. The molecule has 0 radical (unpaired) electrons. The molecule has 1 aliphatic rings. The van der Waals surface area contributed by atoms with Gasteiger partial charge in [0.2, 0.25) is 0 Å². The number of carbonyl (C=O) groups is 1. The van der Waals surface area contributed by atoms with Crippen molar-refractivity contribution in [2.24, 2.45) is 0 Å². The Labute approximate surface area is 177 Å². The molecule has 0 saturated heterocycles. The van der Waals surface area contributed by atoms with E-state index >= 15 is 0 Å². The molecule has 10 heteroatoms. The van der Waals surface area contributed by atoms with Gasteiger partial charge in [-0.1, -0.05) is 0 Å². The van der Waals surface area contributed by atoms with Crippen LogP contribution >= 0.6 is 11.3 Å². The molecule has 2 N–H and O–H groups in total. The Kier molecular flexibility index (Phi) is 5.35. The van der Waals surface area contributed by atoms with Gasteiger partial charge in [-0.15, -0.1) is 11.3 Å². The predicted octanol–water partition coefficient (Wildman–Crippen LogP) is 3.73. The minimum absolute atomic E-state index is 0.00259. The average Bonchev–Trinajstić information content (AvgIpc) is 3.15. The molecule has 0 fully saturated rings. The van der Waals surface area contributed by atoms with Crippen LogP contribution in [0.15, 0.2) is 52.7 Å². The van der Waals surface area contributed by atoms with Crippen LogP contribution in [0.3, 0.4) is 0 Å². The number of benzene rings is 2. The van der Waals surface area contributed by atoms with Gasteiger partial charge < -0.3 is 14.8 Å². The lowest BCUT2D eigenvalue weighted by atomic mass is 10.1. The highest BCUT2D eigenvalue weighted by Gasteiger charge is 2.19. The van der Waals surface area contributed by atoms with Crippen molar-refractivity contribution in [3.05, 3.63) is 47.8 Å². The minimum Gasteiger partial charge on any atom is -0.491 e. The molecule has 0 bridgehead atoms. The molecule has 0 saturated carbocycles. The van der Waals surface area contributed by atoms with E-state index in [4.69, 9.17) is 9.47 Å². The normalized spacial score (nSPS) is 13.4. The number of hydrogen-bond acceptors (Lipinski definition) is 7. The van der Waals surface area contributed by atoms with E-state index in [9.17, 15) is 13.2 Å². The van der Waals surface area contributed by atoms with Gasteiger partial charge in [-0.05, 0) is 56.3 Å². The maximum absolute atomic E-state index is 12.7. The van der Waals surface area contributed by atoms with Crippen LogP contribution in [0.25, 0.3) is 11.3 Å². The number of fused-ring (bicyclic) bond motifs is 1. The van der Waals surface area contributed by atoms with E-state index < -0.39 is 10.0 Å². The van der Waals surface area contributed by atoms with Crippen LogP contribution in [0.4, 0.5) is 10.8 Å². The van der Waals surface area contributed by atoms with Gasteiger partial charge in [0.1, 0.15) is 11.5 Å². The molecule has 156 valence electrons. The van der Waals surface area contributed by atoms with E-state index in [1.54, 1.807) is 35.7 Å². The first-order valence-corrected chi connectivity index (χ1v) is 11.5. The summed E-state index contributed by atoms with van der Waals surface area (Å²) in [6.45, 7) is 3.78. The molecule has 0 unspecified atom stereocenters. The molecule has 1 aliphatic heterocycles. The van der Waals surface area contributed by atoms with Crippen LogP contribution in [-0.4, -0.2) is 32.0 Å². The van der Waals surface area contributed by atoms with E-state index in [1.165, 1.54) is 23.5 Å². The molecular weight excluding hydrogens is 426 g/mol. The molecule has 2 heterocycles.